The quantitative estimate of drug-likeness (QED) is 0.703. The molecule has 76 valence electrons. The third-order valence-corrected chi connectivity index (χ3v) is 2.86. The first-order valence-corrected chi connectivity index (χ1v) is 5.72. The lowest BCUT2D eigenvalue weighted by Gasteiger charge is -2.01. The zero-order valence-corrected chi connectivity index (χ0v) is 8.56. The van der Waals surface area contributed by atoms with Gasteiger partial charge >= 0.3 is 0 Å². The fourth-order valence-corrected chi connectivity index (χ4v) is 1.64. The summed E-state index contributed by atoms with van der Waals surface area (Å²) >= 11 is 0. The SMILES string of the molecule is CC(=O)c1ccc(S(C)(=O)=O)cc1F. The molecule has 0 unspecified atom stereocenters. The Balaban J connectivity index is 3.34. The number of halogens is 1. The standard InChI is InChI=1S/C9H9FO3S/c1-6(11)8-4-3-7(5-9(8)10)14(2,12)13/h3-5H,1-2H3. The topological polar surface area (TPSA) is 51.2 Å². The molecule has 0 N–H and O–H groups in total. The average Bonchev–Trinajstić information content (AvgIpc) is 2.01. The Labute approximate surface area is 81.5 Å². The van der Waals surface area contributed by atoms with Crippen molar-refractivity contribution in [3.8, 4) is 0 Å². The fraction of sp³-hybridized carbons (Fsp3) is 0.222. The molecule has 0 heterocycles. The number of carbonyl (C=O) groups is 1. The minimum absolute atomic E-state index is 0.0996. The Hall–Kier alpha value is -1.23. The maximum Gasteiger partial charge on any atom is 0.175 e. The van der Waals surface area contributed by atoms with Crippen LogP contribution in [0.25, 0.3) is 0 Å². The number of hydrogen-bond acceptors (Lipinski definition) is 3. The first-order chi connectivity index (χ1) is 6.32. The maximum atomic E-state index is 13.1. The first kappa shape index (κ1) is 10.8. The van der Waals surface area contributed by atoms with Crippen molar-refractivity contribution in [3.05, 3.63) is 29.6 Å². The van der Waals surface area contributed by atoms with Crippen molar-refractivity contribution in [1.29, 1.82) is 0 Å². The van der Waals surface area contributed by atoms with Gasteiger partial charge in [-0.15, -0.1) is 0 Å². The van der Waals surface area contributed by atoms with Crippen LogP contribution in [0.1, 0.15) is 17.3 Å². The average molecular weight is 216 g/mol. The lowest BCUT2D eigenvalue weighted by molar-refractivity contribution is 0.101. The second kappa shape index (κ2) is 3.49. The molecule has 1 aromatic carbocycles. The number of carbonyl (C=O) groups excluding carboxylic acids is 1. The van der Waals surface area contributed by atoms with Crippen molar-refractivity contribution in [3.63, 3.8) is 0 Å². The van der Waals surface area contributed by atoms with Crippen LogP contribution >= 0.6 is 0 Å². The molecular formula is C9H9FO3S. The van der Waals surface area contributed by atoms with Crippen LogP contribution in [-0.4, -0.2) is 20.5 Å². The van der Waals surface area contributed by atoms with Crippen LogP contribution in [0, 0.1) is 5.82 Å². The molecule has 1 rings (SSSR count). The van der Waals surface area contributed by atoms with Gasteiger partial charge in [-0.05, 0) is 25.1 Å². The summed E-state index contributed by atoms with van der Waals surface area (Å²) in [5, 5.41) is 0. The van der Waals surface area contributed by atoms with Gasteiger partial charge < -0.3 is 0 Å². The first-order valence-electron chi connectivity index (χ1n) is 3.83. The van der Waals surface area contributed by atoms with E-state index in [9.17, 15) is 17.6 Å². The Morgan fingerprint density at radius 1 is 1.36 bits per heavy atom. The molecule has 0 radical (unpaired) electrons. The number of ketones is 1. The molecule has 0 spiro atoms. The minimum Gasteiger partial charge on any atom is -0.294 e. The zero-order valence-electron chi connectivity index (χ0n) is 7.74. The summed E-state index contributed by atoms with van der Waals surface area (Å²) in [6.07, 6.45) is 0.981. The highest BCUT2D eigenvalue weighted by Crippen LogP contribution is 2.14. The van der Waals surface area contributed by atoms with Gasteiger partial charge in [-0.1, -0.05) is 0 Å². The molecule has 5 heteroatoms. The van der Waals surface area contributed by atoms with Crippen LogP contribution in [0.15, 0.2) is 23.1 Å². The lowest BCUT2D eigenvalue weighted by Crippen LogP contribution is -2.02. The van der Waals surface area contributed by atoms with Crippen LogP contribution in [0.3, 0.4) is 0 Å². The molecule has 0 bridgehead atoms. The van der Waals surface area contributed by atoms with Gasteiger partial charge in [0.05, 0.1) is 10.5 Å². The van der Waals surface area contributed by atoms with E-state index in [1.54, 1.807) is 0 Å². The number of rotatable bonds is 2. The largest absolute Gasteiger partial charge is 0.294 e. The Morgan fingerprint density at radius 2 is 1.93 bits per heavy atom. The molecule has 1 aromatic rings. The van der Waals surface area contributed by atoms with Crippen molar-refractivity contribution in [2.75, 3.05) is 6.26 Å². The molecule has 14 heavy (non-hydrogen) atoms. The fourth-order valence-electron chi connectivity index (χ4n) is 1.01. The van der Waals surface area contributed by atoms with Gasteiger partial charge in [0.2, 0.25) is 0 Å². The van der Waals surface area contributed by atoms with Gasteiger partial charge in [-0.2, -0.15) is 0 Å². The maximum absolute atomic E-state index is 13.1. The number of benzene rings is 1. The van der Waals surface area contributed by atoms with E-state index in [0.29, 0.717) is 0 Å². The summed E-state index contributed by atoms with van der Waals surface area (Å²) in [5.74, 6) is -1.23. The van der Waals surface area contributed by atoms with Crippen LogP contribution in [0.4, 0.5) is 4.39 Å². The van der Waals surface area contributed by atoms with Gasteiger partial charge in [0.1, 0.15) is 5.82 Å². The van der Waals surface area contributed by atoms with E-state index in [0.717, 1.165) is 12.3 Å². The van der Waals surface area contributed by atoms with Gasteiger partial charge in [-0.25, -0.2) is 12.8 Å². The van der Waals surface area contributed by atoms with Gasteiger partial charge in [-0.3, -0.25) is 4.79 Å². The van der Waals surface area contributed by atoms with Crippen LogP contribution in [0.2, 0.25) is 0 Å². The normalized spacial score (nSPS) is 11.4. The van der Waals surface area contributed by atoms with E-state index in [1.807, 2.05) is 0 Å². The van der Waals surface area contributed by atoms with Crippen LogP contribution in [-0.2, 0) is 9.84 Å². The van der Waals surface area contributed by atoms with Gasteiger partial charge in [0.15, 0.2) is 15.6 Å². The zero-order chi connectivity index (χ0) is 10.9. The predicted octanol–water partition coefficient (Wildman–Crippen LogP) is 1.43. The van der Waals surface area contributed by atoms with E-state index < -0.39 is 21.4 Å². The Bertz CT molecular complexity index is 477. The molecule has 0 saturated heterocycles. The van der Waals surface area contributed by atoms with Crippen molar-refractivity contribution >= 4 is 15.6 Å². The predicted molar refractivity (Wildman–Crippen MR) is 49.5 cm³/mol. The molecule has 0 saturated carbocycles. The second-order valence-corrected chi connectivity index (χ2v) is 4.99. The molecule has 0 aliphatic rings. The Kier molecular flexibility index (Phi) is 2.71. The van der Waals surface area contributed by atoms with E-state index in [2.05, 4.69) is 0 Å². The highest BCUT2D eigenvalue weighted by atomic mass is 32.2. The van der Waals surface area contributed by atoms with Crippen LogP contribution < -0.4 is 0 Å². The monoisotopic (exact) mass is 216 g/mol. The smallest absolute Gasteiger partial charge is 0.175 e. The number of Topliss-reactive ketones (excluding diaryl/α,β-unsaturated/α-hetero) is 1. The van der Waals surface area contributed by atoms with E-state index in [-0.39, 0.29) is 10.5 Å². The van der Waals surface area contributed by atoms with Gasteiger partial charge in [0.25, 0.3) is 0 Å². The van der Waals surface area contributed by atoms with Gasteiger partial charge in [0, 0.05) is 6.26 Å². The highest BCUT2D eigenvalue weighted by molar-refractivity contribution is 7.90. The minimum atomic E-state index is -3.42. The number of sulfone groups is 1. The van der Waals surface area contributed by atoms with Crippen molar-refractivity contribution in [1.82, 2.24) is 0 Å². The lowest BCUT2D eigenvalue weighted by atomic mass is 10.1. The summed E-state index contributed by atoms with van der Waals surface area (Å²) in [5.41, 5.74) is -0.0996. The van der Waals surface area contributed by atoms with Crippen molar-refractivity contribution < 1.29 is 17.6 Å². The summed E-state index contributed by atoms with van der Waals surface area (Å²) in [6, 6.07) is 3.25. The second-order valence-electron chi connectivity index (χ2n) is 2.97. The van der Waals surface area contributed by atoms with E-state index in [4.69, 9.17) is 0 Å². The van der Waals surface area contributed by atoms with Crippen molar-refractivity contribution in [2.45, 2.75) is 11.8 Å². The van der Waals surface area contributed by atoms with E-state index in [1.165, 1.54) is 19.1 Å². The molecule has 0 atom stereocenters. The molecule has 0 aliphatic heterocycles. The summed E-state index contributed by atoms with van der Waals surface area (Å²) in [4.78, 5) is 10.7. The van der Waals surface area contributed by atoms with E-state index >= 15 is 0 Å². The van der Waals surface area contributed by atoms with Crippen LogP contribution in [0.5, 0.6) is 0 Å². The summed E-state index contributed by atoms with van der Waals surface area (Å²) < 4.78 is 35.2. The molecule has 0 aromatic heterocycles. The van der Waals surface area contributed by atoms with Crippen molar-refractivity contribution in [2.24, 2.45) is 0 Å². The third-order valence-electron chi connectivity index (χ3n) is 1.75. The molecular weight excluding hydrogens is 207 g/mol. The third kappa shape index (κ3) is 2.17. The molecule has 3 nitrogen and oxygen atoms in total. The summed E-state index contributed by atoms with van der Waals surface area (Å²) in [6.45, 7) is 1.22. The highest BCUT2D eigenvalue weighted by Gasteiger charge is 2.12. The molecule has 0 aliphatic carbocycles. The molecule has 0 fully saturated rings. The number of hydrogen-bond donors (Lipinski definition) is 0. The molecule has 0 amide bonds. The Morgan fingerprint density at radius 3 is 2.29 bits per heavy atom. The summed E-state index contributed by atoms with van der Waals surface area (Å²) in [7, 11) is -3.42.